The van der Waals surface area contributed by atoms with E-state index in [0.717, 1.165) is 23.1 Å². The number of hydrogen-bond donors (Lipinski definition) is 1. The van der Waals surface area contributed by atoms with Crippen molar-refractivity contribution in [2.45, 2.75) is 26.7 Å². The number of nitrogens with zero attached hydrogens (tertiary/aromatic N) is 1. The number of methoxy groups -OCH3 is 1. The number of ether oxygens (including phenoxy) is 1. The van der Waals surface area contributed by atoms with Gasteiger partial charge < -0.3 is 10.1 Å². The Hall–Kier alpha value is -2.25. The quantitative estimate of drug-likeness (QED) is 0.690. The molecule has 0 aliphatic rings. The van der Waals surface area contributed by atoms with Crippen LogP contribution in [0.25, 0.3) is 0 Å². The highest BCUT2D eigenvalue weighted by molar-refractivity contribution is 7.92. The van der Waals surface area contributed by atoms with Crippen molar-refractivity contribution >= 4 is 38.9 Å². The van der Waals surface area contributed by atoms with Crippen molar-refractivity contribution < 1.29 is 17.9 Å². The lowest BCUT2D eigenvalue weighted by Gasteiger charge is -2.23. The number of amides is 1. The van der Waals surface area contributed by atoms with Gasteiger partial charge in [-0.2, -0.15) is 0 Å². The molecule has 0 saturated carbocycles. The SMILES string of the molecule is COc1ccc(N(CCCC(=O)Nc2cccc(C)c2C)S(C)(=O)=O)cc1Cl. The van der Waals surface area contributed by atoms with Gasteiger partial charge in [0.2, 0.25) is 15.9 Å². The fourth-order valence-electron chi connectivity index (χ4n) is 2.78. The van der Waals surface area contributed by atoms with Crippen LogP contribution >= 0.6 is 11.6 Å². The molecule has 2 aromatic rings. The molecule has 0 bridgehead atoms. The summed E-state index contributed by atoms with van der Waals surface area (Å²) in [6.45, 7) is 4.10. The van der Waals surface area contributed by atoms with Gasteiger partial charge in [0.25, 0.3) is 0 Å². The number of sulfonamides is 1. The van der Waals surface area contributed by atoms with E-state index in [1.807, 2.05) is 32.0 Å². The predicted octanol–water partition coefficient (Wildman–Crippen LogP) is 4.15. The topological polar surface area (TPSA) is 75.7 Å². The Labute approximate surface area is 171 Å². The standard InChI is InChI=1S/C20H25ClN2O4S/c1-14-7-5-8-18(15(14)2)22-20(24)9-6-12-23(28(4,25)26)16-10-11-19(27-3)17(21)13-16/h5,7-8,10-11,13H,6,9,12H2,1-4H3,(H,22,24). The first-order valence-electron chi connectivity index (χ1n) is 8.81. The van der Waals surface area contributed by atoms with Crippen LogP contribution in [0.3, 0.4) is 0 Å². The minimum absolute atomic E-state index is 0.157. The molecule has 8 heteroatoms. The molecule has 2 rings (SSSR count). The summed E-state index contributed by atoms with van der Waals surface area (Å²) in [5.41, 5.74) is 3.31. The minimum Gasteiger partial charge on any atom is -0.495 e. The third-order valence-corrected chi connectivity index (χ3v) is 5.96. The van der Waals surface area contributed by atoms with Crippen LogP contribution in [0.15, 0.2) is 36.4 Å². The van der Waals surface area contributed by atoms with E-state index in [0.29, 0.717) is 22.9 Å². The van der Waals surface area contributed by atoms with Crippen LogP contribution in [0, 0.1) is 13.8 Å². The molecule has 0 saturated heterocycles. The number of carbonyl (C=O) groups is 1. The summed E-state index contributed by atoms with van der Waals surface area (Å²) < 4.78 is 30.7. The molecule has 1 amide bonds. The number of carbonyl (C=O) groups excluding carboxylic acids is 1. The second-order valence-electron chi connectivity index (χ2n) is 6.55. The average molecular weight is 425 g/mol. The van der Waals surface area contributed by atoms with Gasteiger partial charge >= 0.3 is 0 Å². The van der Waals surface area contributed by atoms with Crippen molar-refractivity contribution in [3.63, 3.8) is 0 Å². The number of hydrogen-bond acceptors (Lipinski definition) is 4. The lowest BCUT2D eigenvalue weighted by atomic mass is 10.1. The van der Waals surface area contributed by atoms with E-state index in [1.165, 1.54) is 17.5 Å². The first-order chi connectivity index (χ1) is 13.1. The number of halogens is 1. The Bertz CT molecular complexity index is 961. The summed E-state index contributed by atoms with van der Waals surface area (Å²) in [6, 6.07) is 10.5. The summed E-state index contributed by atoms with van der Waals surface area (Å²) >= 11 is 6.12. The first-order valence-corrected chi connectivity index (χ1v) is 11.0. The van der Waals surface area contributed by atoms with Crippen LogP contribution in [-0.2, 0) is 14.8 Å². The third kappa shape index (κ3) is 5.62. The van der Waals surface area contributed by atoms with Crippen LogP contribution in [0.2, 0.25) is 5.02 Å². The smallest absolute Gasteiger partial charge is 0.232 e. The normalized spacial score (nSPS) is 11.2. The van der Waals surface area contributed by atoms with Gasteiger partial charge in [0.1, 0.15) is 5.75 Å². The maximum Gasteiger partial charge on any atom is 0.232 e. The summed E-state index contributed by atoms with van der Waals surface area (Å²) in [4.78, 5) is 12.3. The second kappa shape index (κ2) is 9.30. The Kier molecular flexibility index (Phi) is 7.32. The molecule has 2 aromatic carbocycles. The number of benzene rings is 2. The highest BCUT2D eigenvalue weighted by atomic mass is 35.5. The van der Waals surface area contributed by atoms with Crippen molar-refractivity contribution in [3.8, 4) is 5.75 Å². The number of aryl methyl sites for hydroxylation is 1. The molecule has 0 unspecified atom stereocenters. The maximum absolute atomic E-state index is 12.3. The van der Waals surface area contributed by atoms with Gasteiger partial charge in [0.05, 0.1) is 24.1 Å². The van der Waals surface area contributed by atoms with Gasteiger partial charge in [-0.15, -0.1) is 0 Å². The lowest BCUT2D eigenvalue weighted by molar-refractivity contribution is -0.116. The van der Waals surface area contributed by atoms with Gasteiger partial charge in [-0.25, -0.2) is 8.42 Å². The average Bonchev–Trinajstić information content (AvgIpc) is 2.61. The number of rotatable bonds is 8. The monoisotopic (exact) mass is 424 g/mol. The molecule has 0 heterocycles. The zero-order valence-corrected chi connectivity index (χ0v) is 18.0. The fraction of sp³-hybridized carbons (Fsp3) is 0.350. The third-order valence-electron chi connectivity index (χ3n) is 4.47. The second-order valence-corrected chi connectivity index (χ2v) is 8.87. The van der Waals surface area contributed by atoms with Crippen LogP contribution < -0.4 is 14.4 Å². The largest absolute Gasteiger partial charge is 0.495 e. The lowest BCUT2D eigenvalue weighted by Crippen LogP contribution is -2.31. The van der Waals surface area contributed by atoms with E-state index in [-0.39, 0.29) is 18.9 Å². The van der Waals surface area contributed by atoms with E-state index < -0.39 is 10.0 Å². The Morgan fingerprint density at radius 2 is 1.93 bits per heavy atom. The molecule has 6 nitrogen and oxygen atoms in total. The molecule has 152 valence electrons. The van der Waals surface area contributed by atoms with E-state index in [9.17, 15) is 13.2 Å². The fourth-order valence-corrected chi connectivity index (χ4v) is 3.99. The van der Waals surface area contributed by atoms with Crippen LogP contribution in [0.5, 0.6) is 5.75 Å². The highest BCUT2D eigenvalue weighted by Crippen LogP contribution is 2.30. The summed E-state index contributed by atoms with van der Waals surface area (Å²) in [6.07, 6.45) is 1.69. The van der Waals surface area contributed by atoms with Gasteiger partial charge in [0, 0.05) is 18.7 Å². The summed E-state index contributed by atoms with van der Waals surface area (Å²) in [7, 11) is -2.03. The van der Waals surface area contributed by atoms with E-state index in [1.54, 1.807) is 12.1 Å². The zero-order valence-electron chi connectivity index (χ0n) is 16.5. The van der Waals surface area contributed by atoms with Gasteiger partial charge in [0.15, 0.2) is 0 Å². The van der Waals surface area contributed by atoms with Crippen molar-refractivity contribution in [3.05, 3.63) is 52.5 Å². The first kappa shape index (κ1) is 22.0. The van der Waals surface area contributed by atoms with Gasteiger partial charge in [-0.05, 0) is 55.7 Å². The van der Waals surface area contributed by atoms with Crippen molar-refractivity contribution in [1.82, 2.24) is 0 Å². The zero-order chi connectivity index (χ0) is 20.9. The number of nitrogens with one attached hydrogen (secondary N) is 1. The molecule has 0 aliphatic heterocycles. The predicted molar refractivity (Wildman–Crippen MR) is 114 cm³/mol. The Morgan fingerprint density at radius 1 is 1.21 bits per heavy atom. The molecule has 0 fully saturated rings. The van der Waals surface area contributed by atoms with Crippen molar-refractivity contribution in [2.75, 3.05) is 29.5 Å². The van der Waals surface area contributed by atoms with E-state index >= 15 is 0 Å². The molecule has 0 aromatic heterocycles. The summed E-state index contributed by atoms with van der Waals surface area (Å²) in [5, 5.41) is 3.20. The van der Waals surface area contributed by atoms with Gasteiger partial charge in [-0.1, -0.05) is 23.7 Å². The Balaban J connectivity index is 2.03. The molecule has 1 N–H and O–H groups in total. The minimum atomic E-state index is -3.52. The van der Waals surface area contributed by atoms with Crippen LogP contribution in [-0.4, -0.2) is 34.2 Å². The van der Waals surface area contributed by atoms with Crippen molar-refractivity contribution in [1.29, 1.82) is 0 Å². The van der Waals surface area contributed by atoms with Crippen molar-refractivity contribution in [2.24, 2.45) is 0 Å². The Morgan fingerprint density at radius 3 is 2.54 bits per heavy atom. The van der Waals surface area contributed by atoms with Gasteiger partial charge in [-0.3, -0.25) is 9.10 Å². The van der Waals surface area contributed by atoms with E-state index in [2.05, 4.69) is 5.32 Å². The molecule has 0 atom stereocenters. The molecule has 0 spiro atoms. The summed E-state index contributed by atoms with van der Waals surface area (Å²) in [5.74, 6) is 0.307. The molecular weight excluding hydrogens is 400 g/mol. The molecule has 28 heavy (non-hydrogen) atoms. The molecule has 0 radical (unpaired) electrons. The van der Waals surface area contributed by atoms with Crippen LogP contribution in [0.1, 0.15) is 24.0 Å². The highest BCUT2D eigenvalue weighted by Gasteiger charge is 2.19. The maximum atomic E-state index is 12.3. The van der Waals surface area contributed by atoms with Crippen LogP contribution in [0.4, 0.5) is 11.4 Å². The number of anilines is 2. The molecule has 0 aliphatic carbocycles. The molecular formula is C20H25ClN2O4S. The van der Waals surface area contributed by atoms with E-state index in [4.69, 9.17) is 16.3 Å².